The first-order valence-corrected chi connectivity index (χ1v) is 6.81. The average molecular weight is 276 g/mol. The largest absolute Gasteiger partial charge is 0.497 e. The normalized spacial score (nSPS) is 19.5. The van der Waals surface area contributed by atoms with E-state index < -0.39 is 6.04 Å². The van der Waals surface area contributed by atoms with Crippen LogP contribution in [0.3, 0.4) is 0 Å². The van der Waals surface area contributed by atoms with Gasteiger partial charge in [-0.3, -0.25) is 9.59 Å². The van der Waals surface area contributed by atoms with Gasteiger partial charge in [0.25, 0.3) is 0 Å². The molecule has 1 N–H and O–H groups in total. The standard InChI is InChI=1S/C15H20N2O3/c1-11-15(19)17(9-7-14(18)16-11)8-6-12-4-3-5-13(10-12)20-2/h3-5,10-11H,6-9H2,1-2H3,(H,16,18). The number of carbonyl (C=O) groups excluding carboxylic acids is 2. The van der Waals surface area contributed by atoms with E-state index in [0.29, 0.717) is 19.5 Å². The summed E-state index contributed by atoms with van der Waals surface area (Å²) in [4.78, 5) is 25.3. The van der Waals surface area contributed by atoms with Gasteiger partial charge in [-0.1, -0.05) is 12.1 Å². The van der Waals surface area contributed by atoms with Gasteiger partial charge in [-0.25, -0.2) is 0 Å². The lowest BCUT2D eigenvalue weighted by molar-refractivity contribution is -0.133. The molecule has 5 heteroatoms. The summed E-state index contributed by atoms with van der Waals surface area (Å²) in [7, 11) is 1.64. The third kappa shape index (κ3) is 3.50. The van der Waals surface area contributed by atoms with Crippen LogP contribution in [-0.4, -0.2) is 43.0 Å². The number of methoxy groups -OCH3 is 1. The van der Waals surface area contributed by atoms with Crippen LogP contribution in [0.5, 0.6) is 5.75 Å². The van der Waals surface area contributed by atoms with Gasteiger partial charge in [0.2, 0.25) is 11.8 Å². The van der Waals surface area contributed by atoms with Gasteiger partial charge in [0.1, 0.15) is 11.8 Å². The van der Waals surface area contributed by atoms with Crippen LogP contribution in [0.1, 0.15) is 18.9 Å². The Bertz CT molecular complexity index is 502. The molecule has 0 bridgehead atoms. The van der Waals surface area contributed by atoms with Gasteiger partial charge in [-0.15, -0.1) is 0 Å². The van der Waals surface area contributed by atoms with E-state index in [2.05, 4.69) is 5.32 Å². The zero-order valence-corrected chi connectivity index (χ0v) is 11.9. The van der Waals surface area contributed by atoms with Crippen molar-refractivity contribution in [2.45, 2.75) is 25.8 Å². The molecule has 0 saturated carbocycles. The van der Waals surface area contributed by atoms with E-state index in [0.717, 1.165) is 17.7 Å². The van der Waals surface area contributed by atoms with E-state index in [9.17, 15) is 9.59 Å². The van der Waals surface area contributed by atoms with Crippen molar-refractivity contribution in [1.29, 1.82) is 0 Å². The highest BCUT2D eigenvalue weighted by atomic mass is 16.5. The minimum atomic E-state index is -0.435. The highest BCUT2D eigenvalue weighted by Crippen LogP contribution is 2.14. The summed E-state index contributed by atoms with van der Waals surface area (Å²) in [6.45, 7) is 2.83. The first kappa shape index (κ1) is 14.4. The lowest BCUT2D eigenvalue weighted by atomic mass is 10.1. The molecule has 5 nitrogen and oxygen atoms in total. The fraction of sp³-hybridized carbons (Fsp3) is 0.467. The minimum absolute atomic E-state index is 0.0150. The first-order chi connectivity index (χ1) is 9.60. The highest BCUT2D eigenvalue weighted by Gasteiger charge is 2.25. The van der Waals surface area contributed by atoms with E-state index in [1.807, 2.05) is 24.3 Å². The van der Waals surface area contributed by atoms with Crippen LogP contribution in [0.2, 0.25) is 0 Å². The molecule has 108 valence electrons. The number of nitrogens with zero attached hydrogens (tertiary/aromatic N) is 1. The third-order valence-electron chi connectivity index (χ3n) is 3.47. The smallest absolute Gasteiger partial charge is 0.244 e. The quantitative estimate of drug-likeness (QED) is 0.891. The second kappa shape index (κ2) is 6.41. The van der Waals surface area contributed by atoms with Gasteiger partial charge < -0.3 is 15.0 Å². The van der Waals surface area contributed by atoms with E-state index in [-0.39, 0.29) is 11.8 Å². The van der Waals surface area contributed by atoms with Crippen LogP contribution in [-0.2, 0) is 16.0 Å². The molecule has 1 aromatic rings. The number of amides is 2. The Morgan fingerprint density at radius 2 is 2.20 bits per heavy atom. The molecule has 1 heterocycles. The topological polar surface area (TPSA) is 58.6 Å². The SMILES string of the molecule is COc1cccc(CCN2CCC(=O)NC(C)C2=O)c1. The zero-order chi connectivity index (χ0) is 14.5. The van der Waals surface area contributed by atoms with Gasteiger partial charge in [0.15, 0.2) is 0 Å². The number of benzene rings is 1. The molecular formula is C15H20N2O3. The molecule has 0 spiro atoms. The zero-order valence-electron chi connectivity index (χ0n) is 11.9. The Hall–Kier alpha value is -2.04. The lowest BCUT2D eigenvalue weighted by Gasteiger charge is -2.22. The van der Waals surface area contributed by atoms with E-state index in [4.69, 9.17) is 4.74 Å². The summed E-state index contributed by atoms with van der Waals surface area (Å²) in [5.74, 6) is 0.739. The molecule has 1 aliphatic heterocycles. The Balaban J connectivity index is 1.98. The predicted octanol–water partition coefficient (Wildman–Crippen LogP) is 0.975. The second-order valence-electron chi connectivity index (χ2n) is 4.97. The van der Waals surface area contributed by atoms with Crippen molar-refractivity contribution in [1.82, 2.24) is 10.2 Å². The second-order valence-corrected chi connectivity index (χ2v) is 4.97. The molecule has 1 unspecified atom stereocenters. The molecule has 1 aliphatic rings. The summed E-state index contributed by atoms with van der Waals surface area (Å²) in [6, 6.07) is 7.37. The van der Waals surface area contributed by atoms with Crippen LogP contribution in [0.4, 0.5) is 0 Å². The van der Waals surface area contributed by atoms with Crippen molar-refractivity contribution >= 4 is 11.8 Å². The van der Waals surface area contributed by atoms with Gasteiger partial charge in [-0.2, -0.15) is 0 Å². The molecular weight excluding hydrogens is 256 g/mol. The van der Waals surface area contributed by atoms with Crippen molar-refractivity contribution < 1.29 is 14.3 Å². The fourth-order valence-corrected chi connectivity index (χ4v) is 2.31. The maximum atomic E-state index is 12.1. The van der Waals surface area contributed by atoms with Gasteiger partial charge >= 0.3 is 0 Å². The number of hydrogen-bond acceptors (Lipinski definition) is 3. The number of carbonyl (C=O) groups is 2. The molecule has 1 saturated heterocycles. The van der Waals surface area contributed by atoms with Gasteiger partial charge in [0, 0.05) is 19.5 Å². The molecule has 2 rings (SSSR count). The van der Waals surface area contributed by atoms with Crippen molar-refractivity contribution in [3.63, 3.8) is 0 Å². The Morgan fingerprint density at radius 3 is 2.95 bits per heavy atom. The van der Waals surface area contributed by atoms with Gasteiger partial charge in [-0.05, 0) is 31.0 Å². The van der Waals surface area contributed by atoms with E-state index in [1.54, 1.807) is 18.9 Å². The monoisotopic (exact) mass is 276 g/mol. The van der Waals surface area contributed by atoms with Crippen LogP contribution in [0.15, 0.2) is 24.3 Å². The summed E-state index contributed by atoms with van der Waals surface area (Å²) >= 11 is 0. The van der Waals surface area contributed by atoms with Crippen LogP contribution >= 0.6 is 0 Å². The van der Waals surface area contributed by atoms with Crippen LogP contribution < -0.4 is 10.1 Å². The Morgan fingerprint density at radius 1 is 1.40 bits per heavy atom. The Kier molecular flexibility index (Phi) is 4.61. The molecule has 2 amide bonds. The van der Waals surface area contributed by atoms with Crippen LogP contribution in [0.25, 0.3) is 0 Å². The fourth-order valence-electron chi connectivity index (χ4n) is 2.31. The van der Waals surface area contributed by atoms with E-state index >= 15 is 0 Å². The predicted molar refractivity (Wildman–Crippen MR) is 75.5 cm³/mol. The number of hydrogen-bond donors (Lipinski definition) is 1. The van der Waals surface area contributed by atoms with Gasteiger partial charge in [0.05, 0.1) is 7.11 Å². The van der Waals surface area contributed by atoms with Crippen molar-refractivity contribution in [3.8, 4) is 5.75 Å². The lowest BCUT2D eigenvalue weighted by Crippen LogP contribution is -2.43. The maximum Gasteiger partial charge on any atom is 0.244 e. The molecule has 0 aliphatic carbocycles. The van der Waals surface area contributed by atoms with Crippen molar-refractivity contribution in [2.75, 3.05) is 20.2 Å². The van der Waals surface area contributed by atoms with Crippen molar-refractivity contribution in [2.24, 2.45) is 0 Å². The molecule has 0 aromatic heterocycles. The number of ether oxygens (including phenoxy) is 1. The summed E-state index contributed by atoms with van der Waals surface area (Å²) in [6.07, 6.45) is 1.12. The molecule has 1 fully saturated rings. The van der Waals surface area contributed by atoms with Crippen LogP contribution in [0, 0.1) is 0 Å². The number of rotatable bonds is 4. The molecule has 20 heavy (non-hydrogen) atoms. The van der Waals surface area contributed by atoms with Crippen molar-refractivity contribution in [3.05, 3.63) is 29.8 Å². The molecule has 1 aromatic carbocycles. The Labute approximate surface area is 118 Å². The van der Waals surface area contributed by atoms with E-state index in [1.165, 1.54) is 0 Å². The molecule has 1 atom stereocenters. The number of nitrogens with one attached hydrogen (secondary N) is 1. The molecule has 0 radical (unpaired) electrons. The summed E-state index contributed by atoms with van der Waals surface area (Å²) in [5.41, 5.74) is 1.12. The summed E-state index contributed by atoms with van der Waals surface area (Å²) in [5, 5.41) is 2.69. The minimum Gasteiger partial charge on any atom is -0.497 e. The first-order valence-electron chi connectivity index (χ1n) is 6.81. The maximum absolute atomic E-state index is 12.1. The summed E-state index contributed by atoms with van der Waals surface area (Å²) < 4.78 is 5.18. The average Bonchev–Trinajstić information content (AvgIpc) is 2.57. The highest BCUT2D eigenvalue weighted by molar-refractivity contribution is 5.89. The third-order valence-corrected chi connectivity index (χ3v) is 3.47.